The van der Waals surface area contributed by atoms with Gasteiger partial charge in [0.15, 0.2) is 11.5 Å². The van der Waals surface area contributed by atoms with Gasteiger partial charge in [0.05, 0.1) is 6.04 Å². The van der Waals surface area contributed by atoms with E-state index < -0.39 is 12.3 Å². The Bertz CT molecular complexity index is 508. The van der Waals surface area contributed by atoms with Crippen LogP contribution in [0.5, 0.6) is 11.5 Å². The highest BCUT2D eigenvalue weighted by Gasteiger charge is 2.43. The van der Waals surface area contributed by atoms with Crippen molar-refractivity contribution in [3.63, 3.8) is 0 Å². The minimum absolute atomic E-state index is 0.0664. The van der Waals surface area contributed by atoms with Crippen LogP contribution in [0.25, 0.3) is 0 Å². The molecule has 0 radical (unpaired) electrons. The molecule has 0 fully saturated rings. The summed E-state index contributed by atoms with van der Waals surface area (Å²) in [6, 6.07) is 3.42. The van der Waals surface area contributed by atoms with Crippen molar-refractivity contribution in [1.82, 2.24) is 0 Å². The number of ether oxygens (including phenoxy) is 2. The third-order valence-corrected chi connectivity index (χ3v) is 2.87. The van der Waals surface area contributed by atoms with Gasteiger partial charge in [0, 0.05) is 11.8 Å². The van der Waals surface area contributed by atoms with E-state index in [4.69, 9.17) is 5.73 Å². The lowest BCUT2D eigenvalue weighted by molar-refractivity contribution is -0.286. The van der Waals surface area contributed by atoms with Gasteiger partial charge in [0.1, 0.15) is 0 Å². The van der Waals surface area contributed by atoms with E-state index in [-0.39, 0.29) is 17.4 Å². The van der Waals surface area contributed by atoms with Crippen molar-refractivity contribution in [2.75, 3.05) is 5.32 Å². The monoisotopic (exact) mass is 286 g/mol. The highest BCUT2D eigenvalue weighted by molar-refractivity contribution is 5.94. The van der Waals surface area contributed by atoms with Gasteiger partial charge in [0.25, 0.3) is 0 Å². The number of hydrogen-bond acceptors (Lipinski definition) is 4. The lowest BCUT2D eigenvalue weighted by Gasteiger charge is -2.11. The number of hydrogen-bond donors (Lipinski definition) is 2. The Balaban J connectivity index is 2.00. The number of nitrogens with one attached hydrogen (secondary N) is 1. The summed E-state index contributed by atoms with van der Waals surface area (Å²) in [5.41, 5.74) is 6.05. The van der Waals surface area contributed by atoms with Gasteiger partial charge in [-0.1, -0.05) is 19.8 Å². The number of unbranched alkanes of at least 4 members (excludes halogenated alkanes) is 1. The Labute approximate surface area is 115 Å². The van der Waals surface area contributed by atoms with Crippen molar-refractivity contribution >= 4 is 11.6 Å². The molecule has 0 saturated heterocycles. The SMILES string of the molecule is CCCCC(N)C(=O)Nc1ccc2c(c1)OC(F)(F)O2. The summed E-state index contributed by atoms with van der Waals surface area (Å²) >= 11 is 0. The smallest absolute Gasteiger partial charge is 0.395 e. The van der Waals surface area contributed by atoms with Gasteiger partial charge in [-0.25, -0.2) is 0 Å². The molecule has 0 aliphatic carbocycles. The Hall–Kier alpha value is -1.89. The summed E-state index contributed by atoms with van der Waals surface area (Å²) in [5.74, 6) is -0.540. The molecule has 5 nitrogen and oxygen atoms in total. The van der Waals surface area contributed by atoms with E-state index in [1.165, 1.54) is 18.2 Å². The fourth-order valence-electron chi connectivity index (χ4n) is 1.82. The van der Waals surface area contributed by atoms with Gasteiger partial charge >= 0.3 is 6.29 Å². The quantitative estimate of drug-likeness (QED) is 0.872. The topological polar surface area (TPSA) is 73.6 Å². The van der Waals surface area contributed by atoms with E-state index in [1.54, 1.807) is 0 Å². The van der Waals surface area contributed by atoms with Crippen molar-refractivity contribution in [3.8, 4) is 11.5 Å². The van der Waals surface area contributed by atoms with Gasteiger partial charge in [-0.05, 0) is 18.6 Å². The van der Waals surface area contributed by atoms with E-state index in [0.29, 0.717) is 12.1 Å². The van der Waals surface area contributed by atoms with Crippen LogP contribution < -0.4 is 20.5 Å². The normalized spacial score (nSPS) is 16.8. The molecule has 110 valence electrons. The first-order valence-electron chi connectivity index (χ1n) is 6.37. The van der Waals surface area contributed by atoms with E-state index in [2.05, 4.69) is 14.8 Å². The fraction of sp³-hybridized carbons (Fsp3) is 0.462. The largest absolute Gasteiger partial charge is 0.586 e. The van der Waals surface area contributed by atoms with Crippen LogP contribution in [-0.4, -0.2) is 18.2 Å². The molecular formula is C13H16F2N2O3. The molecule has 1 amide bonds. The van der Waals surface area contributed by atoms with Crippen molar-refractivity contribution < 1.29 is 23.0 Å². The molecule has 1 aliphatic rings. The summed E-state index contributed by atoms with van der Waals surface area (Å²) < 4.78 is 34.3. The molecule has 1 aliphatic heterocycles. The number of alkyl halides is 2. The summed E-state index contributed by atoms with van der Waals surface area (Å²) in [4.78, 5) is 11.8. The second-order valence-electron chi connectivity index (χ2n) is 4.57. The van der Waals surface area contributed by atoms with Crippen LogP contribution in [0.3, 0.4) is 0 Å². The molecule has 1 aromatic rings. The first-order valence-corrected chi connectivity index (χ1v) is 6.37. The molecule has 3 N–H and O–H groups in total. The predicted octanol–water partition coefficient (Wildman–Crippen LogP) is 2.46. The molecule has 2 rings (SSSR count). The van der Waals surface area contributed by atoms with Crippen molar-refractivity contribution in [2.45, 2.75) is 38.5 Å². The zero-order valence-corrected chi connectivity index (χ0v) is 11.0. The van der Waals surface area contributed by atoms with Gasteiger partial charge in [-0.3, -0.25) is 4.79 Å². The third kappa shape index (κ3) is 3.36. The second-order valence-corrected chi connectivity index (χ2v) is 4.57. The highest BCUT2D eigenvalue weighted by Crippen LogP contribution is 2.42. The Kier molecular flexibility index (Phi) is 4.08. The number of fused-ring (bicyclic) bond motifs is 1. The van der Waals surface area contributed by atoms with Crippen LogP contribution in [0.15, 0.2) is 18.2 Å². The van der Waals surface area contributed by atoms with Crippen molar-refractivity contribution in [1.29, 1.82) is 0 Å². The maximum absolute atomic E-state index is 12.8. The maximum Gasteiger partial charge on any atom is 0.586 e. The van der Waals surface area contributed by atoms with Crippen molar-refractivity contribution in [3.05, 3.63) is 18.2 Å². The summed E-state index contributed by atoms with van der Waals surface area (Å²) in [5, 5.41) is 2.56. The van der Waals surface area contributed by atoms with Crippen LogP contribution in [-0.2, 0) is 4.79 Å². The lowest BCUT2D eigenvalue weighted by Crippen LogP contribution is -2.35. The molecule has 7 heteroatoms. The van der Waals surface area contributed by atoms with Crippen LogP contribution in [0.4, 0.5) is 14.5 Å². The van der Waals surface area contributed by atoms with Crippen LogP contribution in [0, 0.1) is 0 Å². The first-order chi connectivity index (χ1) is 9.41. The van der Waals surface area contributed by atoms with E-state index in [0.717, 1.165) is 12.8 Å². The standard InChI is InChI=1S/C13H16F2N2O3/c1-2-3-4-9(16)12(18)17-8-5-6-10-11(7-8)20-13(14,15)19-10/h5-7,9H,2-4,16H2,1H3,(H,17,18). The summed E-state index contributed by atoms with van der Waals surface area (Å²) in [7, 11) is 0. The highest BCUT2D eigenvalue weighted by atomic mass is 19.3. The molecular weight excluding hydrogens is 270 g/mol. The number of amides is 1. The molecule has 20 heavy (non-hydrogen) atoms. The lowest BCUT2D eigenvalue weighted by atomic mass is 10.1. The zero-order valence-electron chi connectivity index (χ0n) is 11.0. The molecule has 0 saturated carbocycles. The molecule has 1 atom stereocenters. The van der Waals surface area contributed by atoms with Crippen molar-refractivity contribution in [2.24, 2.45) is 5.73 Å². The second kappa shape index (κ2) is 5.62. The molecule has 1 unspecified atom stereocenters. The Morgan fingerprint density at radius 2 is 2.10 bits per heavy atom. The maximum atomic E-state index is 12.8. The zero-order chi connectivity index (χ0) is 14.8. The number of nitrogens with two attached hydrogens (primary N) is 1. The number of benzene rings is 1. The van der Waals surface area contributed by atoms with Gasteiger partial charge in [-0.2, -0.15) is 0 Å². The average Bonchev–Trinajstić information content (AvgIpc) is 2.68. The van der Waals surface area contributed by atoms with Gasteiger partial charge < -0.3 is 20.5 Å². The number of carbonyl (C=O) groups is 1. The molecule has 1 aromatic carbocycles. The molecule has 0 spiro atoms. The van der Waals surface area contributed by atoms with Gasteiger partial charge in [-0.15, -0.1) is 8.78 Å². The van der Waals surface area contributed by atoms with Crippen LogP contribution in [0.2, 0.25) is 0 Å². The first kappa shape index (κ1) is 14.5. The van der Waals surface area contributed by atoms with Crippen LogP contribution in [0.1, 0.15) is 26.2 Å². The summed E-state index contributed by atoms with van der Waals surface area (Å²) in [6.07, 6.45) is -1.30. The van der Waals surface area contributed by atoms with Crippen LogP contribution >= 0.6 is 0 Å². The average molecular weight is 286 g/mol. The molecule has 0 bridgehead atoms. The third-order valence-electron chi connectivity index (χ3n) is 2.87. The molecule has 0 aromatic heterocycles. The minimum Gasteiger partial charge on any atom is -0.395 e. The number of carbonyl (C=O) groups excluding carboxylic acids is 1. The molecule has 1 heterocycles. The fourth-order valence-corrected chi connectivity index (χ4v) is 1.82. The van der Waals surface area contributed by atoms with E-state index >= 15 is 0 Å². The number of halogens is 2. The number of anilines is 1. The van der Waals surface area contributed by atoms with E-state index in [9.17, 15) is 13.6 Å². The number of rotatable bonds is 5. The Morgan fingerprint density at radius 1 is 1.40 bits per heavy atom. The summed E-state index contributed by atoms with van der Waals surface area (Å²) in [6.45, 7) is 2.00. The Morgan fingerprint density at radius 3 is 2.80 bits per heavy atom. The van der Waals surface area contributed by atoms with Gasteiger partial charge in [0.2, 0.25) is 5.91 Å². The van der Waals surface area contributed by atoms with E-state index in [1.807, 2.05) is 6.92 Å². The minimum atomic E-state index is -3.66. The predicted molar refractivity (Wildman–Crippen MR) is 68.8 cm³/mol.